The van der Waals surface area contributed by atoms with Crippen LogP contribution in [0.4, 0.5) is 11.4 Å². The summed E-state index contributed by atoms with van der Waals surface area (Å²) in [5.41, 5.74) is 6.97. The molecule has 1 heterocycles. The van der Waals surface area contributed by atoms with Gasteiger partial charge in [-0.3, -0.25) is 14.5 Å². The zero-order valence-electron chi connectivity index (χ0n) is 12.5. The number of nitrogens with two attached hydrogens (primary N) is 1. The second-order valence-corrected chi connectivity index (χ2v) is 5.43. The third kappa shape index (κ3) is 3.95. The second-order valence-electron chi connectivity index (χ2n) is 5.43. The van der Waals surface area contributed by atoms with E-state index in [0.717, 1.165) is 19.5 Å². The highest BCUT2D eigenvalue weighted by Gasteiger charge is 2.26. The van der Waals surface area contributed by atoms with E-state index in [9.17, 15) is 9.59 Å². The SMILES string of the molecule is CC(C(=O)Nc1cccc(N)c1)N1CCCN(C)C(=O)C1. The van der Waals surface area contributed by atoms with Crippen LogP contribution in [0.3, 0.4) is 0 Å². The minimum absolute atomic E-state index is 0.0519. The Morgan fingerprint density at radius 2 is 2.14 bits per heavy atom. The maximum absolute atomic E-state index is 12.3. The van der Waals surface area contributed by atoms with Crippen LogP contribution in [0.25, 0.3) is 0 Å². The van der Waals surface area contributed by atoms with Crippen molar-refractivity contribution in [1.29, 1.82) is 0 Å². The molecule has 0 spiro atoms. The highest BCUT2D eigenvalue weighted by molar-refractivity contribution is 5.95. The molecule has 2 amide bonds. The predicted molar refractivity (Wildman–Crippen MR) is 82.8 cm³/mol. The molecule has 0 radical (unpaired) electrons. The van der Waals surface area contributed by atoms with E-state index in [1.807, 2.05) is 11.8 Å². The monoisotopic (exact) mass is 290 g/mol. The smallest absolute Gasteiger partial charge is 0.241 e. The largest absolute Gasteiger partial charge is 0.399 e. The molecule has 21 heavy (non-hydrogen) atoms. The van der Waals surface area contributed by atoms with Gasteiger partial charge in [-0.1, -0.05) is 6.07 Å². The number of amides is 2. The molecule has 1 aliphatic rings. The number of hydrogen-bond acceptors (Lipinski definition) is 4. The van der Waals surface area contributed by atoms with Gasteiger partial charge in [0.15, 0.2) is 0 Å². The number of nitrogen functional groups attached to an aromatic ring is 1. The van der Waals surface area contributed by atoms with Crippen LogP contribution >= 0.6 is 0 Å². The summed E-state index contributed by atoms with van der Waals surface area (Å²) in [5.74, 6) is -0.0749. The molecule has 3 N–H and O–H groups in total. The number of carbonyl (C=O) groups is 2. The van der Waals surface area contributed by atoms with Crippen LogP contribution in [-0.4, -0.2) is 54.3 Å². The summed E-state index contributed by atoms with van der Waals surface area (Å²) in [6, 6.07) is 6.71. The van der Waals surface area contributed by atoms with Crippen LogP contribution in [0.15, 0.2) is 24.3 Å². The van der Waals surface area contributed by atoms with E-state index in [-0.39, 0.29) is 24.4 Å². The van der Waals surface area contributed by atoms with Crippen molar-refractivity contribution >= 4 is 23.2 Å². The lowest BCUT2D eigenvalue weighted by molar-refractivity contribution is -0.131. The van der Waals surface area contributed by atoms with E-state index in [1.165, 1.54) is 0 Å². The quantitative estimate of drug-likeness (QED) is 0.806. The minimum atomic E-state index is -0.359. The molecule has 0 aliphatic carbocycles. The van der Waals surface area contributed by atoms with Crippen molar-refractivity contribution in [3.8, 4) is 0 Å². The highest BCUT2D eigenvalue weighted by Crippen LogP contribution is 2.14. The molecule has 6 nitrogen and oxygen atoms in total. The molecule has 0 bridgehead atoms. The number of rotatable bonds is 3. The van der Waals surface area contributed by atoms with Crippen LogP contribution < -0.4 is 11.1 Å². The average Bonchev–Trinajstić information content (AvgIpc) is 2.60. The Bertz CT molecular complexity index is 532. The Hall–Kier alpha value is -2.08. The van der Waals surface area contributed by atoms with Crippen molar-refractivity contribution < 1.29 is 9.59 Å². The number of benzene rings is 1. The second kappa shape index (κ2) is 6.58. The number of anilines is 2. The van der Waals surface area contributed by atoms with E-state index >= 15 is 0 Å². The topological polar surface area (TPSA) is 78.7 Å². The number of nitrogens with one attached hydrogen (secondary N) is 1. The van der Waals surface area contributed by atoms with Crippen LogP contribution in [0, 0.1) is 0 Å². The summed E-state index contributed by atoms with van der Waals surface area (Å²) < 4.78 is 0. The van der Waals surface area contributed by atoms with Crippen LogP contribution in [0.1, 0.15) is 13.3 Å². The van der Waals surface area contributed by atoms with Gasteiger partial charge in [0.25, 0.3) is 0 Å². The zero-order valence-corrected chi connectivity index (χ0v) is 12.5. The van der Waals surface area contributed by atoms with Gasteiger partial charge in [0.2, 0.25) is 11.8 Å². The fraction of sp³-hybridized carbons (Fsp3) is 0.467. The molecule has 114 valence electrons. The average molecular weight is 290 g/mol. The van der Waals surface area contributed by atoms with Gasteiger partial charge in [-0.05, 0) is 31.5 Å². The van der Waals surface area contributed by atoms with Gasteiger partial charge in [-0.25, -0.2) is 0 Å². The van der Waals surface area contributed by atoms with Gasteiger partial charge < -0.3 is 16.0 Å². The molecule has 1 unspecified atom stereocenters. The Kier molecular flexibility index (Phi) is 4.80. The fourth-order valence-electron chi connectivity index (χ4n) is 2.37. The standard InChI is InChI=1S/C15H22N4O2/c1-11(19-8-4-7-18(2)14(20)10-19)15(21)17-13-6-3-5-12(16)9-13/h3,5-6,9,11H,4,7-8,10,16H2,1-2H3,(H,17,21). The van der Waals surface area contributed by atoms with Gasteiger partial charge in [0, 0.05) is 31.5 Å². The van der Waals surface area contributed by atoms with Gasteiger partial charge in [0.1, 0.15) is 0 Å². The van der Waals surface area contributed by atoms with Crippen molar-refractivity contribution in [1.82, 2.24) is 9.80 Å². The lowest BCUT2D eigenvalue weighted by atomic mass is 10.2. The molecule has 1 aliphatic heterocycles. The van der Waals surface area contributed by atoms with Gasteiger partial charge in [-0.2, -0.15) is 0 Å². The molecule has 1 aromatic rings. The van der Waals surface area contributed by atoms with E-state index in [4.69, 9.17) is 5.73 Å². The van der Waals surface area contributed by atoms with Crippen molar-refractivity contribution in [2.24, 2.45) is 0 Å². The summed E-state index contributed by atoms with van der Waals surface area (Å²) in [6.07, 6.45) is 0.873. The summed E-state index contributed by atoms with van der Waals surface area (Å²) in [7, 11) is 1.79. The van der Waals surface area contributed by atoms with E-state index in [0.29, 0.717) is 11.4 Å². The lowest BCUT2D eigenvalue weighted by Gasteiger charge is -2.25. The van der Waals surface area contributed by atoms with Gasteiger partial charge in [-0.15, -0.1) is 0 Å². The Labute approximate surface area is 124 Å². The highest BCUT2D eigenvalue weighted by atomic mass is 16.2. The maximum Gasteiger partial charge on any atom is 0.241 e. The van der Waals surface area contributed by atoms with Crippen molar-refractivity contribution in [2.75, 3.05) is 37.7 Å². The first-order valence-electron chi connectivity index (χ1n) is 7.12. The number of nitrogens with zero attached hydrogens (tertiary/aromatic N) is 2. The van der Waals surface area contributed by atoms with Crippen molar-refractivity contribution in [2.45, 2.75) is 19.4 Å². The van der Waals surface area contributed by atoms with Crippen molar-refractivity contribution in [3.63, 3.8) is 0 Å². The molecule has 0 aromatic heterocycles. The molecule has 1 atom stereocenters. The Morgan fingerprint density at radius 3 is 2.86 bits per heavy atom. The number of likely N-dealkylation sites (N-methyl/N-ethyl adjacent to an activating group) is 1. The maximum atomic E-state index is 12.3. The van der Waals surface area contributed by atoms with Crippen LogP contribution in [-0.2, 0) is 9.59 Å². The number of carbonyl (C=O) groups excluding carboxylic acids is 2. The van der Waals surface area contributed by atoms with Crippen LogP contribution in [0.2, 0.25) is 0 Å². The minimum Gasteiger partial charge on any atom is -0.399 e. The third-order valence-electron chi connectivity index (χ3n) is 3.78. The summed E-state index contributed by atoms with van der Waals surface area (Å²) >= 11 is 0. The van der Waals surface area contributed by atoms with Crippen molar-refractivity contribution in [3.05, 3.63) is 24.3 Å². The van der Waals surface area contributed by atoms with E-state index in [1.54, 1.807) is 36.2 Å². The Balaban J connectivity index is 2.00. The van der Waals surface area contributed by atoms with Gasteiger partial charge >= 0.3 is 0 Å². The summed E-state index contributed by atoms with van der Waals surface area (Å²) in [5, 5.41) is 2.84. The predicted octanol–water partition coefficient (Wildman–Crippen LogP) is 0.760. The fourth-order valence-corrected chi connectivity index (χ4v) is 2.37. The van der Waals surface area contributed by atoms with Crippen LogP contribution in [0.5, 0.6) is 0 Å². The molecule has 1 saturated heterocycles. The molecular weight excluding hydrogens is 268 g/mol. The summed E-state index contributed by atoms with van der Waals surface area (Å²) in [4.78, 5) is 27.8. The van der Waals surface area contributed by atoms with E-state index in [2.05, 4.69) is 5.32 Å². The first kappa shape index (κ1) is 15.3. The molecule has 6 heteroatoms. The summed E-state index contributed by atoms with van der Waals surface area (Å²) in [6.45, 7) is 3.57. The lowest BCUT2D eigenvalue weighted by Crippen LogP contribution is -2.45. The third-order valence-corrected chi connectivity index (χ3v) is 3.78. The molecule has 1 fully saturated rings. The molecule has 1 aromatic carbocycles. The van der Waals surface area contributed by atoms with E-state index < -0.39 is 0 Å². The number of hydrogen-bond donors (Lipinski definition) is 2. The molecular formula is C15H22N4O2. The molecule has 0 saturated carbocycles. The first-order chi connectivity index (χ1) is 9.97. The van der Waals surface area contributed by atoms with Gasteiger partial charge in [0.05, 0.1) is 12.6 Å². The zero-order chi connectivity index (χ0) is 15.4. The normalized spacial score (nSPS) is 18.2. The molecule has 2 rings (SSSR count). The first-order valence-corrected chi connectivity index (χ1v) is 7.12. The Morgan fingerprint density at radius 1 is 1.38 bits per heavy atom.